The number of aliphatic imine (C=N–C) groups is 1. The molecule has 6 heteroatoms. The van der Waals surface area contributed by atoms with E-state index in [0.29, 0.717) is 6.42 Å². The third kappa shape index (κ3) is 2.71. The van der Waals surface area contributed by atoms with Gasteiger partial charge in [0, 0.05) is 11.3 Å². The highest BCUT2D eigenvalue weighted by Crippen LogP contribution is 2.30. The molecule has 0 aromatic carbocycles. The number of rotatable bonds is 1. The van der Waals surface area contributed by atoms with E-state index >= 15 is 0 Å². The maximum atomic E-state index is 11.5. The Balaban J connectivity index is 2.14. The molecule has 16 heavy (non-hydrogen) atoms. The van der Waals surface area contributed by atoms with Crippen LogP contribution in [0.5, 0.6) is 0 Å². The number of sulfone groups is 1. The van der Waals surface area contributed by atoms with Crippen molar-refractivity contribution in [1.29, 1.82) is 0 Å². The van der Waals surface area contributed by atoms with Crippen molar-refractivity contribution in [3.63, 3.8) is 0 Å². The average Bonchev–Trinajstić information content (AvgIpc) is 2.53. The molecule has 2 saturated heterocycles. The van der Waals surface area contributed by atoms with Gasteiger partial charge in [0.15, 0.2) is 15.0 Å². The maximum Gasteiger partial charge on any atom is 0.157 e. The summed E-state index contributed by atoms with van der Waals surface area (Å²) in [5.74, 6) is 1.44. The van der Waals surface area contributed by atoms with E-state index in [2.05, 4.69) is 24.2 Å². The zero-order valence-electron chi connectivity index (χ0n) is 9.91. The van der Waals surface area contributed by atoms with Crippen LogP contribution in [-0.2, 0) is 9.84 Å². The largest absolute Gasteiger partial charge is 0.359 e. The number of nitrogens with one attached hydrogen (secondary N) is 1. The molecule has 0 saturated carbocycles. The lowest BCUT2D eigenvalue weighted by molar-refractivity contribution is 0.512. The van der Waals surface area contributed by atoms with Crippen molar-refractivity contribution in [2.75, 3.05) is 17.3 Å². The lowest BCUT2D eigenvalue weighted by Crippen LogP contribution is -2.38. The summed E-state index contributed by atoms with van der Waals surface area (Å²) in [6.07, 6.45) is 0.640. The van der Waals surface area contributed by atoms with Gasteiger partial charge in [0.05, 0.1) is 17.0 Å². The second-order valence-electron chi connectivity index (χ2n) is 5.55. The summed E-state index contributed by atoms with van der Waals surface area (Å²) in [7, 11) is -2.87. The number of hydrogen-bond donors (Lipinski definition) is 1. The van der Waals surface area contributed by atoms with E-state index in [4.69, 9.17) is 0 Å². The molecule has 2 rings (SSSR count). The van der Waals surface area contributed by atoms with Crippen LogP contribution in [0.25, 0.3) is 0 Å². The van der Waals surface area contributed by atoms with Crippen molar-refractivity contribution < 1.29 is 8.42 Å². The third-order valence-electron chi connectivity index (χ3n) is 2.87. The molecule has 0 aromatic rings. The lowest BCUT2D eigenvalue weighted by Gasteiger charge is -2.19. The van der Waals surface area contributed by atoms with Gasteiger partial charge in [0.25, 0.3) is 0 Å². The summed E-state index contributed by atoms with van der Waals surface area (Å²) in [5, 5.41) is 4.22. The van der Waals surface area contributed by atoms with Crippen LogP contribution < -0.4 is 5.32 Å². The highest BCUT2D eigenvalue weighted by molar-refractivity contribution is 8.14. The van der Waals surface area contributed by atoms with Crippen LogP contribution >= 0.6 is 11.8 Å². The molecule has 0 radical (unpaired) electrons. The number of hydrogen-bond acceptors (Lipinski definition) is 4. The first-order chi connectivity index (χ1) is 7.20. The monoisotopic (exact) mass is 262 g/mol. The Morgan fingerprint density at radius 3 is 2.50 bits per heavy atom. The van der Waals surface area contributed by atoms with E-state index in [-0.39, 0.29) is 17.0 Å². The molecule has 1 N–H and O–H groups in total. The van der Waals surface area contributed by atoms with Crippen molar-refractivity contribution in [2.24, 2.45) is 4.99 Å². The maximum absolute atomic E-state index is 11.5. The molecule has 1 atom stereocenters. The molecule has 0 amide bonds. The van der Waals surface area contributed by atoms with E-state index in [0.717, 1.165) is 10.9 Å². The highest BCUT2D eigenvalue weighted by Gasteiger charge is 2.39. The van der Waals surface area contributed by atoms with Gasteiger partial charge in [-0.1, -0.05) is 11.8 Å². The fourth-order valence-corrected chi connectivity index (χ4v) is 5.25. The second kappa shape index (κ2) is 3.63. The molecular weight excluding hydrogens is 244 g/mol. The summed E-state index contributed by atoms with van der Waals surface area (Å²) in [6, 6.07) is 0. The summed E-state index contributed by atoms with van der Waals surface area (Å²) < 4.78 is 22.9. The van der Waals surface area contributed by atoms with Gasteiger partial charge in [-0.3, -0.25) is 4.99 Å². The zero-order chi connectivity index (χ0) is 12.0. The van der Waals surface area contributed by atoms with Gasteiger partial charge in [0.1, 0.15) is 0 Å². The van der Waals surface area contributed by atoms with Gasteiger partial charge in [-0.25, -0.2) is 8.42 Å². The van der Waals surface area contributed by atoms with Crippen molar-refractivity contribution in [1.82, 2.24) is 5.32 Å². The van der Waals surface area contributed by atoms with Gasteiger partial charge < -0.3 is 5.32 Å². The van der Waals surface area contributed by atoms with Crippen molar-refractivity contribution in [2.45, 2.75) is 38.3 Å². The molecule has 4 nitrogen and oxygen atoms in total. The molecule has 0 spiro atoms. The van der Waals surface area contributed by atoms with Gasteiger partial charge in [-0.15, -0.1) is 0 Å². The van der Waals surface area contributed by atoms with Crippen LogP contribution in [0.2, 0.25) is 0 Å². The Morgan fingerprint density at radius 2 is 2.06 bits per heavy atom. The van der Waals surface area contributed by atoms with Crippen LogP contribution in [0.15, 0.2) is 4.99 Å². The first-order valence-electron chi connectivity index (χ1n) is 5.41. The number of nitrogens with zero attached hydrogens (tertiary/aromatic N) is 1. The molecule has 92 valence electrons. The number of amidine groups is 1. The molecule has 2 heterocycles. The molecule has 0 bridgehead atoms. The first-order valence-corrected chi connectivity index (χ1v) is 8.22. The zero-order valence-corrected chi connectivity index (χ0v) is 11.5. The minimum Gasteiger partial charge on any atom is -0.359 e. The summed E-state index contributed by atoms with van der Waals surface area (Å²) in [5.41, 5.74) is -0.355. The molecule has 0 aliphatic carbocycles. The van der Waals surface area contributed by atoms with Crippen LogP contribution in [-0.4, -0.2) is 41.9 Å². The lowest BCUT2D eigenvalue weighted by atomic mass is 10.0. The Bertz CT molecular complexity index is 428. The van der Waals surface area contributed by atoms with Gasteiger partial charge >= 0.3 is 0 Å². The topological polar surface area (TPSA) is 58.5 Å². The molecule has 2 fully saturated rings. The van der Waals surface area contributed by atoms with Crippen molar-refractivity contribution in [3.05, 3.63) is 0 Å². The predicted octanol–water partition coefficient (Wildman–Crippen LogP) is 1.03. The van der Waals surface area contributed by atoms with Crippen LogP contribution in [0.4, 0.5) is 0 Å². The van der Waals surface area contributed by atoms with E-state index in [1.165, 1.54) is 0 Å². The van der Waals surface area contributed by atoms with Crippen molar-refractivity contribution in [3.8, 4) is 0 Å². The minimum atomic E-state index is -2.87. The smallest absolute Gasteiger partial charge is 0.157 e. The fraction of sp³-hybridized carbons (Fsp3) is 0.900. The van der Waals surface area contributed by atoms with Crippen LogP contribution in [0, 0.1) is 0 Å². The molecule has 2 aliphatic rings. The summed E-state index contributed by atoms with van der Waals surface area (Å²) in [6.45, 7) is 6.17. The Kier molecular flexibility index (Phi) is 2.78. The normalized spacial score (nSPS) is 38.8. The van der Waals surface area contributed by atoms with E-state index < -0.39 is 15.4 Å². The number of thioether (sulfide) groups is 1. The van der Waals surface area contributed by atoms with Gasteiger partial charge in [0.2, 0.25) is 0 Å². The fourth-order valence-electron chi connectivity index (χ4n) is 2.00. The first kappa shape index (κ1) is 12.2. The molecule has 0 aromatic heterocycles. The minimum absolute atomic E-state index is 0.0668. The van der Waals surface area contributed by atoms with Gasteiger partial charge in [-0.2, -0.15) is 0 Å². The summed E-state index contributed by atoms with van der Waals surface area (Å²) >= 11 is 1.68. The highest BCUT2D eigenvalue weighted by atomic mass is 32.2. The van der Waals surface area contributed by atoms with Crippen molar-refractivity contribution >= 4 is 26.8 Å². The quantitative estimate of drug-likeness (QED) is 0.767. The van der Waals surface area contributed by atoms with Crippen LogP contribution in [0.3, 0.4) is 0 Å². The Hall–Kier alpha value is -0.230. The molecular formula is C10H18N2O2S2. The Labute approximate surface area is 101 Å². The SMILES string of the molecule is CC1(N=C2NC(C)(C)CS2)CCS(=O)(=O)C1. The van der Waals surface area contributed by atoms with E-state index in [1.807, 2.05) is 6.92 Å². The van der Waals surface area contributed by atoms with E-state index in [1.54, 1.807) is 11.8 Å². The van der Waals surface area contributed by atoms with Crippen LogP contribution in [0.1, 0.15) is 27.2 Å². The standard InChI is InChI=1S/C10H18N2O2S2/c1-9(2)6-15-8(11-9)12-10(3)4-5-16(13,14)7-10/h4-7H2,1-3H3,(H,11,12). The van der Waals surface area contributed by atoms with E-state index in [9.17, 15) is 8.42 Å². The Morgan fingerprint density at radius 1 is 1.38 bits per heavy atom. The average molecular weight is 262 g/mol. The third-order valence-corrected chi connectivity index (χ3v) is 6.09. The summed E-state index contributed by atoms with van der Waals surface area (Å²) in [4.78, 5) is 4.59. The van der Waals surface area contributed by atoms with Gasteiger partial charge in [-0.05, 0) is 27.2 Å². The predicted molar refractivity (Wildman–Crippen MR) is 68.8 cm³/mol. The molecule has 1 unspecified atom stereocenters. The molecule has 2 aliphatic heterocycles. The second-order valence-corrected chi connectivity index (χ2v) is 8.70.